The van der Waals surface area contributed by atoms with Crippen molar-refractivity contribution in [3.63, 3.8) is 0 Å². The van der Waals surface area contributed by atoms with Crippen molar-refractivity contribution >= 4 is 23.3 Å². The summed E-state index contributed by atoms with van der Waals surface area (Å²) in [6.07, 6.45) is -0.754. The molecule has 4 rings (SSSR count). The lowest BCUT2D eigenvalue weighted by Gasteiger charge is -2.18. The molecule has 0 fully saturated rings. The van der Waals surface area contributed by atoms with Crippen LogP contribution in [-0.4, -0.2) is 55.7 Å². The first kappa shape index (κ1) is 27.7. The number of nitrogens with zero attached hydrogens (tertiary/aromatic N) is 2. The van der Waals surface area contributed by atoms with Gasteiger partial charge in [-0.2, -0.15) is 8.78 Å². The van der Waals surface area contributed by atoms with E-state index in [1.165, 1.54) is 19.2 Å². The zero-order chi connectivity index (χ0) is 28.0. The van der Waals surface area contributed by atoms with Crippen molar-refractivity contribution in [1.29, 1.82) is 0 Å². The summed E-state index contributed by atoms with van der Waals surface area (Å²) in [7, 11) is 1.37. The molecule has 10 heteroatoms. The number of halogens is 2. The summed E-state index contributed by atoms with van der Waals surface area (Å²) in [6.45, 7) is 1.89. The van der Waals surface area contributed by atoms with Crippen LogP contribution in [0.4, 0.5) is 14.5 Å². The van der Waals surface area contributed by atoms with E-state index >= 15 is 8.78 Å². The molecule has 3 aromatic rings. The highest BCUT2D eigenvalue weighted by atomic mass is 19.3. The van der Waals surface area contributed by atoms with Crippen LogP contribution in [0, 0.1) is 0 Å². The molecule has 1 amide bonds. The maximum atomic E-state index is 15.1. The number of carbonyl (C=O) groups is 2. The second kappa shape index (κ2) is 12.0. The first-order chi connectivity index (χ1) is 18.8. The molecule has 1 aliphatic rings. The summed E-state index contributed by atoms with van der Waals surface area (Å²) in [5, 5.41) is 13.3. The molecule has 0 spiro atoms. The number of carboxylic acid groups (broad SMARTS) is 1. The van der Waals surface area contributed by atoms with Crippen LogP contribution in [0.3, 0.4) is 0 Å². The fourth-order valence-corrected chi connectivity index (χ4v) is 4.36. The molecular weight excluding hydrogens is 510 g/mol. The van der Waals surface area contributed by atoms with Crippen molar-refractivity contribution < 1.29 is 37.8 Å². The summed E-state index contributed by atoms with van der Waals surface area (Å²) in [5.74, 6) is -5.62. The number of benzene rings is 3. The topological polar surface area (TPSA) is 97.7 Å². The number of ether oxygens (including phenoxy) is 2. The zero-order valence-electron chi connectivity index (χ0n) is 21.5. The fourth-order valence-electron chi connectivity index (χ4n) is 4.36. The Morgan fingerprint density at radius 1 is 1.05 bits per heavy atom. The smallest absolute Gasteiger partial charge is 0.352 e. The van der Waals surface area contributed by atoms with Gasteiger partial charge in [0.05, 0.1) is 17.8 Å². The highest BCUT2D eigenvalue weighted by Gasteiger charge is 2.52. The number of oxime groups is 1. The number of anilines is 1. The van der Waals surface area contributed by atoms with Crippen LogP contribution in [0.25, 0.3) is 0 Å². The van der Waals surface area contributed by atoms with E-state index in [4.69, 9.17) is 14.3 Å². The number of amides is 1. The third kappa shape index (κ3) is 6.06. The molecular formula is C29H28F2N2O6. The minimum atomic E-state index is -3.71. The van der Waals surface area contributed by atoms with E-state index in [9.17, 15) is 14.7 Å². The molecule has 0 aromatic heterocycles. The molecule has 0 saturated heterocycles. The number of hydrogen-bond donors (Lipinski definition) is 1. The first-order valence-corrected chi connectivity index (χ1v) is 12.3. The van der Waals surface area contributed by atoms with E-state index in [2.05, 4.69) is 5.16 Å². The second-order valence-electron chi connectivity index (χ2n) is 8.73. The van der Waals surface area contributed by atoms with Gasteiger partial charge in [0.25, 0.3) is 0 Å². The number of alkyl halides is 2. The maximum Gasteiger partial charge on any atom is 0.352 e. The Labute approximate surface area is 224 Å². The number of carbonyl (C=O) groups excluding carboxylic acids is 1. The van der Waals surface area contributed by atoms with Gasteiger partial charge in [-0.1, -0.05) is 53.7 Å². The lowest BCUT2D eigenvalue weighted by molar-refractivity contribution is -0.150. The Hall–Kier alpha value is -4.31. The van der Waals surface area contributed by atoms with Crippen molar-refractivity contribution in [2.45, 2.75) is 25.4 Å². The third-order valence-corrected chi connectivity index (χ3v) is 6.21. The molecule has 8 nitrogen and oxygen atoms in total. The average Bonchev–Trinajstić information content (AvgIpc) is 3.12. The van der Waals surface area contributed by atoms with Gasteiger partial charge >= 0.3 is 17.8 Å². The zero-order valence-corrected chi connectivity index (χ0v) is 21.5. The molecule has 1 unspecified atom stereocenters. The summed E-state index contributed by atoms with van der Waals surface area (Å²) < 4.78 is 41.0. The predicted octanol–water partition coefficient (Wildman–Crippen LogP) is 4.64. The van der Waals surface area contributed by atoms with Gasteiger partial charge in [0, 0.05) is 24.2 Å². The summed E-state index contributed by atoms with van der Waals surface area (Å²) >= 11 is 0. The normalized spacial score (nSPS) is 15.1. The van der Waals surface area contributed by atoms with Crippen molar-refractivity contribution in [2.75, 3.05) is 31.8 Å². The monoisotopic (exact) mass is 538 g/mol. The fraction of sp³-hybridized carbons (Fsp3) is 0.276. The molecule has 0 radical (unpaired) electrons. The van der Waals surface area contributed by atoms with Gasteiger partial charge in [-0.05, 0) is 36.8 Å². The van der Waals surface area contributed by atoms with Crippen LogP contribution in [0.5, 0.6) is 5.75 Å². The van der Waals surface area contributed by atoms with Crippen LogP contribution < -0.4 is 9.64 Å². The highest BCUT2D eigenvalue weighted by molar-refractivity contribution is 6.14. The Morgan fingerprint density at radius 2 is 1.77 bits per heavy atom. The Kier molecular flexibility index (Phi) is 8.55. The van der Waals surface area contributed by atoms with E-state index in [0.717, 1.165) is 10.5 Å². The van der Waals surface area contributed by atoms with Crippen LogP contribution in [0.2, 0.25) is 0 Å². The molecule has 1 heterocycles. The summed E-state index contributed by atoms with van der Waals surface area (Å²) in [6, 6.07) is 20.1. The average molecular weight is 539 g/mol. The molecule has 39 heavy (non-hydrogen) atoms. The predicted molar refractivity (Wildman–Crippen MR) is 140 cm³/mol. The van der Waals surface area contributed by atoms with E-state index in [-0.39, 0.29) is 31.9 Å². The van der Waals surface area contributed by atoms with E-state index in [1.807, 2.05) is 6.07 Å². The molecule has 0 saturated carbocycles. The molecule has 0 aliphatic carbocycles. The first-order valence-electron chi connectivity index (χ1n) is 12.3. The second-order valence-corrected chi connectivity index (χ2v) is 8.73. The van der Waals surface area contributed by atoms with Crippen LogP contribution in [0.15, 0.2) is 78.0 Å². The van der Waals surface area contributed by atoms with Crippen molar-refractivity contribution in [1.82, 2.24) is 0 Å². The highest BCUT2D eigenvalue weighted by Crippen LogP contribution is 2.44. The number of carboxylic acids is 1. The van der Waals surface area contributed by atoms with Gasteiger partial charge in [0.15, 0.2) is 6.10 Å². The molecule has 204 valence electrons. The van der Waals surface area contributed by atoms with E-state index in [1.54, 1.807) is 61.5 Å². The van der Waals surface area contributed by atoms with Gasteiger partial charge in [-0.3, -0.25) is 4.79 Å². The van der Waals surface area contributed by atoms with E-state index < -0.39 is 29.5 Å². The maximum absolute atomic E-state index is 15.1. The van der Waals surface area contributed by atoms with Gasteiger partial charge < -0.3 is 24.3 Å². The van der Waals surface area contributed by atoms with Gasteiger partial charge in [-0.25, -0.2) is 4.79 Å². The summed E-state index contributed by atoms with van der Waals surface area (Å²) in [5.41, 5.74) is 1.88. The van der Waals surface area contributed by atoms with Crippen LogP contribution >= 0.6 is 0 Å². The number of fused-ring (bicyclic) bond motifs is 1. The number of rotatable bonds is 12. The van der Waals surface area contributed by atoms with Gasteiger partial charge in [-0.15, -0.1) is 0 Å². The van der Waals surface area contributed by atoms with Crippen LogP contribution in [0.1, 0.15) is 29.2 Å². The third-order valence-electron chi connectivity index (χ3n) is 6.21. The largest absolute Gasteiger partial charge is 0.492 e. The molecule has 1 atom stereocenters. The van der Waals surface area contributed by atoms with Crippen molar-refractivity contribution in [2.24, 2.45) is 5.16 Å². The van der Waals surface area contributed by atoms with Gasteiger partial charge in [0.1, 0.15) is 25.2 Å². The lowest BCUT2D eigenvalue weighted by atomic mass is 9.98. The lowest BCUT2D eigenvalue weighted by Crippen LogP contribution is -2.37. The van der Waals surface area contributed by atoms with E-state index in [0.29, 0.717) is 22.6 Å². The minimum Gasteiger partial charge on any atom is -0.492 e. The van der Waals surface area contributed by atoms with Gasteiger partial charge in [0.2, 0.25) is 0 Å². The van der Waals surface area contributed by atoms with Crippen molar-refractivity contribution in [3.05, 3.63) is 95.1 Å². The molecule has 1 aliphatic heterocycles. The Balaban J connectivity index is 1.46. The number of hydrogen-bond acceptors (Lipinski definition) is 6. The molecule has 0 bridgehead atoms. The standard InChI is InChI=1S/C29H28F2N2O6/c1-3-38-25(27(34)35)17-19-9-12-22(13-10-19)39-16-15-33-24-14-11-21(18-23(24)29(30,31)28(33)36)26(32-37-2)20-7-5-4-6-8-20/h4-14,18,25H,3,15-17H2,1-2H3,(H,34,35). The van der Waals surface area contributed by atoms with Crippen molar-refractivity contribution in [3.8, 4) is 5.75 Å². The minimum absolute atomic E-state index is 0.0283. The SMILES string of the molecule is CCOC(Cc1ccc(OCCN2C(=O)C(F)(F)c3cc(C(=NOC)c4ccccc4)ccc32)cc1)C(=O)O. The molecule has 3 aromatic carbocycles. The number of aliphatic carboxylic acids is 1. The Morgan fingerprint density at radius 3 is 2.41 bits per heavy atom. The Bertz CT molecular complexity index is 1350. The quantitative estimate of drug-likeness (QED) is 0.267. The molecule has 1 N–H and O–H groups in total. The van der Waals surface area contributed by atoms with Crippen LogP contribution in [-0.2, 0) is 31.5 Å². The summed E-state index contributed by atoms with van der Waals surface area (Å²) in [4.78, 5) is 29.9.